The molecule has 3 aliphatic carbocycles. The standard InChI is InChI=1S/C15H12O3/c16-12-10-3-1-2-4-11(10)13(17)15-9-6-5-8(7-9)14(12,15)18-15/h1-4,8-9H,5-7H2. The van der Waals surface area contributed by atoms with Crippen LogP contribution in [0.25, 0.3) is 0 Å². The molecule has 3 nitrogen and oxygen atoms in total. The van der Waals surface area contributed by atoms with Gasteiger partial charge in [-0.15, -0.1) is 0 Å². The molecule has 0 aromatic heterocycles. The summed E-state index contributed by atoms with van der Waals surface area (Å²) in [6.45, 7) is 0. The second-order valence-electron chi connectivity index (χ2n) is 5.98. The summed E-state index contributed by atoms with van der Waals surface area (Å²) >= 11 is 0. The molecule has 4 aliphatic rings. The van der Waals surface area contributed by atoms with Gasteiger partial charge in [0.25, 0.3) is 0 Å². The van der Waals surface area contributed by atoms with Gasteiger partial charge in [-0.05, 0) is 31.1 Å². The van der Waals surface area contributed by atoms with Gasteiger partial charge >= 0.3 is 0 Å². The molecule has 4 unspecified atom stereocenters. The third-order valence-corrected chi connectivity index (χ3v) is 5.51. The molecule has 90 valence electrons. The van der Waals surface area contributed by atoms with Crippen LogP contribution < -0.4 is 0 Å². The maximum absolute atomic E-state index is 12.7. The Morgan fingerprint density at radius 1 is 0.944 bits per heavy atom. The molecule has 0 radical (unpaired) electrons. The number of benzene rings is 1. The van der Waals surface area contributed by atoms with Crippen LogP contribution in [-0.4, -0.2) is 22.8 Å². The summed E-state index contributed by atoms with van der Waals surface area (Å²) in [6.07, 6.45) is 3.06. The molecular formula is C15H12O3. The van der Waals surface area contributed by atoms with Crippen LogP contribution in [0, 0.1) is 11.8 Å². The molecule has 3 heteroatoms. The number of Topliss-reactive ketones (excluding diaryl/α,β-unsaturated/α-hetero) is 2. The predicted molar refractivity (Wildman–Crippen MR) is 62.5 cm³/mol. The molecule has 0 amide bonds. The minimum Gasteiger partial charge on any atom is -0.344 e. The number of fused-ring (bicyclic) bond motifs is 3. The topological polar surface area (TPSA) is 46.7 Å². The fraction of sp³-hybridized carbons (Fsp3) is 0.467. The van der Waals surface area contributed by atoms with E-state index in [0.717, 1.165) is 19.3 Å². The van der Waals surface area contributed by atoms with Crippen molar-refractivity contribution in [2.75, 3.05) is 0 Å². The lowest BCUT2D eigenvalue weighted by atomic mass is 9.67. The summed E-state index contributed by atoms with van der Waals surface area (Å²) in [5.41, 5.74) is -0.380. The monoisotopic (exact) mass is 240 g/mol. The lowest BCUT2D eigenvalue weighted by Gasteiger charge is -2.27. The number of rotatable bonds is 0. The van der Waals surface area contributed by atoms with E-state index in [9.17, 15) is 9.59 Å². The lowest BCUT2D eigenvalue weighted by molar-refractivity contribution is 0.0797. The van der Waals surface area contributed by atoms with E-state index < -0.39 is 11.2 Å². The lowest BCUT2D eigenvalue weighted by Crippen LogP contribution is -2.48. The van der Waals surface area contributed by atoms with E-state index in [-0.39, 0.29) is 23.4 Å². The third kappa shape index (κ3) is 0.658. The summed E-state index contributed by atoms with van der Waals surface area (Å²) in [6, 6.07) is 7.18. The van der Waals surface area contributed by atoms with Crippen LogP contribution in [0.3, 0.4) is 0 Å². The number of carbonyl (C=O) groups excluding carboxylic acids is 2. The van der Waals surface area contributed by atoms with Crippen LogP contribution in [0.4, 0.5) is 0 Å². The second-order valence-corrected chi connectivity index (χ2v) is 5.98. The van der Waals surface area contributed by atoms with Gasteiger partial charge in [0, 0.05) is 11.1 Å². The molecule has 2 bridgehead atoms. The van der Waals surface area contributed by atoms with Crippen LogP contribution in [0.15, 0.2) is 24.3 Å². The van der Waals surface area contributed by atoms with Gasteiger partial charge in [0.2, 0.25) is 0 Å². The Kier molecular flexibility index (Phi) is 1.29. The van der Waals surface area contributed by atoms with E-state index in [1.54, 1.807) is 12.1 Å². The second kappa shape index (κ2) is 2.45. The fourth-order valence-corrected chi connectivity index (χ4v) is 4.80. The first-order chi connectivity index (χ1) is 8.72. The van der Waals surface area contributed by atoms with Crippen molar-refractivity contribution in [2.45, 2.75) is 30.5 Å². The third-order valence-electron chi connectivity index (χ3n) is 5.51. The summed E-state index contributed by atoms with van der Waals surface area (Å²) in [5, 5.41) is 0. The normalized spacial score (nSPS) is 46.7. The zero-order chi connectivity index (χ0) is 12.1. The molecule has 5 rings (SSSR count). The van der Waals surface area contributed by atoms with Crippen molar-refractivity contribution in [3.05, 3.63) is 35.4 Å². The highest BCUT2D eigenvalue weighted by molar-refractivity contribution is 6.26. The minimum atomic E-state index is -0.763. The zero-order valence-corrected chi connectivity index (χ0v) is 9.81. The van der Waals surface area contributed by atoms with Crippen molar-refractivity contribution in [1.82, 2.24) is 0 Å². The Morgan fingerprint density at radius 3 is 1.94 bits per heavy atom. The highest BCUT2D eigenvalue weighted by Crippen LogP contribution is 2.74. The SMILES string of the molecule is O=C1c2ccccc2C(=O)C23OC12C1CCC3C1. The summed E-state index contributed by atoms with van der Waals surface area (Å²) in [5.74, 6) is 0.661. The van der Waals surface area contributed by atoms with Crippen molar-refractivity contribution < 1.29 is 14.3 Å². The van der Waals surface area contributed by atoms with E-state index in [2.05, 4.69) is 0 Å². The van der Waals surface area contributed by atoms with Crippen molar-refractivity contribution in [2.24, 2.45) is 11.8 Å². The van der Waals surface area contributed by atoms with Crippen LogP contribution in [-0.2, 0) is 4.74 Å². The number of ketones is 2. The van der Waals surface area contributed by atoms with Crippen molar-refractivity contribution in [3.8, 4) is 0 Å². The van der Waals surface area contributed by atoms with Crippen molar-refractivity contribution in [1.29, 1.82) is 0 Å². The van der Waals surface area contributed by atoms with Gasteiger partial charge in [-0.3, -0.25) is 9.59 Å². The van der Waals surface area contributed by atoms with Crippen LogP contribution in [0.1, 0.15) is 40.0 Å². The molecule has 1 heterocycles. The quantitative estimate of drug-likeness (QED) is 0.652. The summed E-state index contributed by atoms with van der Waals surface area (Å²) < 4.78 is 5.88. The summed E-state index contributed by atoms with van der Waals surface area (Å²) in [7, 11) is 0. The van der Waals surface area contributed by atoms with E-state index >= 15 is 0 Å². The van der Waals surface area contributed by atoms with E-state index in [1.165, 1.54) is 0 Å². The Bertz CT molecular complexity index is 581. The Morgan fingerprint density at radius 2 is 1.44 bits per heavy atom. The van der Waals surface area contributed by atoms with E-state index in [0.29, 0.717) is 11.1 Å². The van der Waals surface area contributed by atoms with Crippen LogP contribution >= 0.6 is 0 Å². The van der Waals surface area contributed by atoms with Crippen molar-refractivity contribution in [3.63, 3.8) is 0 Å². The molecule has 18 heavy (non-hydrogen) atoms. The first kappa shape index (κ1) is 9.45. The smallest absolute Gasteiger partial charge is 0.199 e. The number of hydrogen-bond donors (Lipinski definition) is 0. The highest BCUT2D eigenvalue weighted by atomic mass is 16.6. The molecule has 1 aromatic rings. The Labute approximate surface area is 104 Å². The maximum atomic E-state index is 12.7. The van der Waals surface area contributed by atoms with Crippen molar-refractivity contribution >= 4 is 11.6 Å². The minimum absolute atomic E-state index is 0.0601. The maximum Gasteiger partial charge on any atom is 0.199 e. The number of carbonyl (C=O) groups is 2. The number of hydrogen-bond acceptors (Lipinski definition) is 3. The molecule has 1 aliphatic heterocycles. The van der Waals surface area contributed by atoms with Gasteiger partial charge in [-0.25, -0.2) is 0 Å². The molecule has 3 fully saturated rings. The van der Waals surface area contributed by atoms with E-state index in [1.807, 2.05) is 12.1 Å². The fourth-order valence-electron chi connectivity index (χ4n) is 4.80. The van der Waals surface area contributed by atoms with Gasteiger partial charge in [-0.2, -0.15) is 0 Å². The summed E-state index contributed by atoms with van der Waals surface area (Å²) in [4.78, 5) is 25.4. The largest absolute Gasteiger partial charge is 0.344 e. The van der Waals surface area contributed by atoms with Gasteiger partial charge in [0.1, 0.15) is 0 Å². The van der Waals surface area contributed by atoms with E-state index in [4.69, 9.17) is 4.74 Å². The Balaban J connectivity index is 1.83. The molecule has 1 aromatic carbocycles. The Hall–Kier alpha value is -1.48. The average molecular weight is 240 g/mol. The van der Waals surface area contributed by atoms with Crippen LogP contribution in [0.5, 0.6) is 0 Å². The van der Waals surface area contributed by atoms with Gasteiger partial charge < -0.3 is 4.74 Å². The first-order valence-electron chi connectivity index (χ1n) is 6.60. The first-order valence-corrected chi connectivity index (χ1v) is 6.60. The molecular weight excluding hydrogens is 228 g/mol. The average Bonchev–Trinajstić information content (AvgIpc) is 2.82. The number of epoxide rings is 1. The van der Waals surface area contributed by atoms with Gasteiger partial charge in [0.15, 0.2) is 22.8 Å². The molecule has 1 saturated heterocycles. The van der Waals surface area contributed by atoms with Crippen LogP contribution in [0.2, 0.25) is 0 Å². The zero-order valence-electron chi connectivity index (χ0n) is 9.81. The van der Waals surface area contributed by atoms with Gasteiger partial charge in [0.05, 0.1) is 0 Å². The number of ether oxygens (including phenoxy) is 1. The molecule has 0 spiro atoms. The predicted octanol–water partition coefficient (Wildman–Crippen LogP) is 2.00. The highest BCUT2D eigenvalue weighted by Gasteiger charge is 2.90. The van der Waals surface area contributed by atoms with Gasteiger partial charge in [-0.1, -0.05) is 24.3 Å². The molecule has 0 N–H and O–H groups in total. The molecule has 2 saturated carbocycles. The molecule has 4 atom stereocenters.